The molecule has 1 atom stereocenters. The van der Waals surface area contributed by atoms with Crippen molar-refractivity contribution in [3.05, 3.63) is 93.5 Å². The van der Waals surface area contributed by atoms with Gasteiger partial charge in [-0.25, -0.2) is 0 Å². The number of aryl methyl sites for hydroxylation is 1. The number of ether oxygens (including phenoxy) is 2. The largest absolute Gasteiger partial charge is 0.507 e. The molecule has 1 N–H and O–H groups in total. The number of aliphatic hydroxyl groups is 1. The first-order valence-electron chi connectivity index (χ1n) is 13.0. The Bertz CT molecular complexity index is 1440. The summed E-state index contributed by atoms with van der Waals surface area (Å²) in [6.07, 6.45) is 0.777. The number of aliphatic hydroxyl groups excluding tert-OH is 1. The van der Waals surface area contributed by atoms with Gasteiger partial charge in [-0.3, -0.25) is 14.5 Å². The van der Waals surface area contributed by atoms with Crippen molar-refractivity contribution in [1.29, 1.82) is 0 Å². The number of rotatable bonds is 7. The quantitative estimate of drug-likeness (QED) is 0.190. The highest BCUT2D eigenvalue weighted by Gasteiger charge is 2.48. The Morgan fingerprint density at radius 3 is 2.33 bits per heavy atom. The Kier molecular flexibility index (Phi) is 8.07. The van der Waals surface area contributed by atoms with Gasteiger partial charge in [0.2, 0.25) is 0 Å². The van der Waals surface area contributed by atoms with Crippen molar-refractivity contribution in [1.82, 2.24) is 0 Å². The highest BCUT2D eigenvalue weighted by molar-refractivity contribution is 6.52. The van der Waals surface area contributed by atoms with Crippen LogP contribution in [0.3, 0.4) is 0 Å². The van der Waals surface area contributed by atoms with Crippen LogP contribution in [0.5, 0.6) is 11.5 Å². The van der Waals surface area contributed by atoms with Gasteiger partial charge in [0, 0.05) is 0 Å². The van der Waals surface area contributed by atoms with Crippen LogP contribution < -0.4 is 14.4 Å². The summed E-state index contributed by atoms with van der Waals surface area (Å²) in [4.78, 5) is 28.8. The van der Waals surface area contributed by atoms with Crippen molar-refractivity contribution in [2.24, 2.45) is 0 Å². The lowest BCUT2D eigenvalue weighted by molar-refractivity contribution is -0.132. The van der Waals surface area contributed by atoms with Crippen LogP contribution in [0.2, 0.25) is 5.02 Å². The molecular formula is C32H34ClNO5. The number of anilines is 1. The third kappa shape index (κ3) is 5.39. The number of ketones is 1. The third-order valence-electron chi connectivity index (χ3n) is 6.77. The SMILES string of the molecule is CCCOc1ccccc1N1C(=O)C(=O)/C(=C(/O)c2cc(C)cc(Cl)c2OC)C1c1ccc(C(C)(C)C)cc1. The van der Waals surface area contributed by atoms with Crippen LogP contribution in [0.25, 0.3) is 5.76 Å². The Balaban J connectivity index is 2.00. The maximum Gasteiger partial charge on any atom is 0.300 e. The molecule has 204 valence electrons. The van der Waals surface area contributed by atoms with Crippen molar-refractivity contribution < 1.29 is 24.2 Å². The standard InChI is InChI=1S/C32H34ClNO5/c1-7-16-39-25-11-9-8-10-24(25)34-27(20-12-14-21(15-13-20)32(3,4)5)26(29(36)31(34)37)28(35)22-17-19(2)18-23(33)30(22)38-6/h8-15,17-18,27,35H,7,16H2,1-6H3/b28-26+. The minimum atomic E-state index is -0.908. The van der Waals surface area contributed by atoms with Crippen LogP contribution in [0.4, 0.5) is 5.69 Å². The summed E-state index contributed by atoms with van der Waals surface area (Å²) >= 11 is 6.42. The van der Waals surface area contributed by atoms with Crippen LogP contribution in [0.1, 0.15) is 62.4 Å². The zero-order valence-electron chi connectivity index (χ0n) is 23.2. The van der Waals surface area contributed by atoms with E-state index in [1.165, 1.54) is 12.0 Å². The number of nitrogens with zero attached hydrogens (tertiary/aromatic N) is 1. The molecule has 1 heterocycles. The van der Waals surface area contributed by atoms with Crippen LogP contribution in [0.15, 0.2) is 66.2 Å². The lowest BCUT2D eigenvalue weighted by Crippen LogP contribution is -2.30. The number of carbonyl (C=O) groups is 2. The van der Waals surface area contributed by atoms with Gasteiger partial charge in [-0.05, 0) is 59.7 Å². The molecule has 3 aromatic carbocycles. The molecule has 0 saturated carbocycles. The van der Waals surface area contributed by atoms with E-state index in [4.69, 9.17) is 21.1 Å². The Morgan fingerprint density at radius 1 is 1.05 bits per heavy atom. The smallest absolute Gasteiger partial charge is 0.300 e. The Hall–Kier alpha value is -3.77. The van der Waals surface area contributed by atoms with Crippen LogP contribution >= 0.6 is 11.6 Å². The highest BCUT2D eigenvalue weighted by Crippen LogP contribution is 2.46. The summed E-state index contributed by atoms with van der Waals surface area (Å²) in [6.45, 7) is 10.6. The van der Waals surface area contributed by atoms with Crippen molar-refractivity contribution in [2.45, 2.75) is 52.5 Å². The maximum absolute atomic E-state index is 13.7. The summed E-state index contributed by atoms with van der Waals surface area (Å²) < 4.78 is 11.4. The fraction of sp³-hybridized carbons (Fsp3) is 0.312. The van der Waals surface area contributed by atoms with Gasteiger partial charge >= 0.3 is 0 Å². The molecule has 0 radical (unpaired) electrons. The van der Waals surface area contributed by atoms with Crippen molar-refractivity contribution in [3.63, 3.8) is 0 Å². The Labute approximate surface area is 234 Å². The number of amides is 1. The monoisotopic (exact) mass is 547 g/mol. The molecular weight excluding hydrogens is 514 g/mol. The number of para-hydroxylation sites is 2. The molecule has 1 aliphatic heterocycles. The molecule has 0 spiro atoms. The summed E-state index contributed by atoms with van der Waals surface area (Å²) in [5.74, 6) is -1.21. The average Bonchev–Trinajstić information content (AvgIpc) is 3.16. The van der Waals surface area contributed by atoms with E-state index >= 15 is 0 Å². The van der Waals surface area contributed by atoms with Gasteiger partial charge in [-0.2, -0.15) is 0 Å². The Morgan fingerprint density at radius 2 is 1.72 bits per heavy atom. The lowest BCUT2D eigenvalue weighted by Gasteiger charge is -2.28. The van der Waals surface area contributed by atoms with E-state index in [2.05, 4.69) is 20.8 Å². The zero-order chi connectivity index (χ0) is 28.5. The minimum absolute atomic E-state index is 0.0474. The summed E-state index contributed by atoms with van der Waals surface area (Å²) in [5.41, 5.74) is 3.09. The van der Waals surface area contributed by atoms with Crippen LogP contribution in [0, 0.1) is 6.92 Å². The molecule has 1 aliphatic rings. The predicted molar refractivity (Wildman–Crippen MR) is 155 cm³/mol. The van der Waals surface area contributed by atoms with Gasteiger partial charge in [0.1, 0.15) is 17.3 Å². The third-order valence-corrected chi connectivity index (χ3v) is 7.05. The topological polar surface area (TPSA) is 76.1 Å². The van der Waals surface area contributed by atoms with Gasteiger partial charge in [0.15, 0.2) is 0 Å². The number of hydrogen-bond donors (Lipinski definition) is 1. The fourth-order valence-electron chi connectivity index (χ4n) is 4.81. The molecule has 7 heteroatoms. The predicted octanol–water partition coefficient (Wildman–Crippen LogP) is 7.37. The summed E-state index contributed by atoms with van der Waals surface area (Å²) in [5, 5.41) is 12.0. The number of carbonyl (C=O) groups excluding carboxylic acids is 2. The van der Waals surface area contributed by atoms with Crippen molar-refractivity contribution in [2.75, 3.05) is 18.6 Å². The fourth-order valence-corrected chi connectivity index (χ4v) is 5.16. The second-order valence-electron chi connectivity index (χ2n) is 10.7. The van der Waals surface area contributed by atoms with E-state index in [1.807, 2.05) is 44.2 Å². The van der Waals surface area contributed by atoms with Crippen LogP contribution in [-0.2, 0) is 15.0 Å². The molecule has 39 heavy (non-hydrogen) atoms. The van der Waals surface area contributed by atoms with Crippen molar-refractivity contribution in [3.8, 4) is 11.5 Å². The molecule has 0 aliphatic carbocycles. The summed E-state index contributed by atoms with van der Waals surface area (Å²) in [7, 11) is 1.44. The molecule has 6 nitrogen and oxygen atoms in total. The van der Waals surface area contributed by atoms with Crippen LogP contribution in [-0.4, -0.2) is 30.5 Å². The van der Waals surface area contributed by atoms with E-state index in [-0.39, 0.29) is 33.1 Å². The molecule has 0 aromatic heterocycles. The van der Waals surface area contributed by atoms with Gasteiger partial charge in [0.25, 0.3) is 11.7 Å². The first-order chi connectivity index (χ1) is 18.5. The normalized spacial score (nSPS) is 17.0. The van der Waals surface area contributed by atoms with Gasteiger partial charge in [0.05, 0.1) is 41.6 Å². The number of benzene rings is 3. The molecule has 1 saturated heterocycles. The summed E-state index contributed by atoms with van der Waals surface area (Å²) in [6, 6.07) is 17.4. The molecule has 1 unspecified atom stereocenters. The molecule has 1 amide bonds. The van der Waals surface area contributed by atoms with Gasteiger partial charge in [-0.15, -0.1) is 0 Å². The average molecular weight is 548 g/mol. The second kappa shape index (κ2) is 11.1. The molecule has 0 bridgehead atoms. The molecule has 3 aromatic rings. The van der Waals surface area contributed by atoms with Crippen molar-refractivity contribution >= 4 is 34.7 Å². The van der Waals surface area contributed by atoms with Gasteiger partial charge in [-0.1, -0.05) is 75.7 Å². The maximum atomic E-state index is 13.7. The number of halogens is 1. The second-order valence-corrected chi connectivity index (χ2v) is 11.1. The highest BCUT2D eigenvalue weighted by atomic mass is 35.5. The molecule has 4 rings (SSSR count). The lowest BCUT2D eigenvalue weighted by atomic mass is 9.85. The van der Waals surface area contributed by atoms with E-state index < -0.39 is 17.7 Å². The number of Topliss-reactive ketones (excluding diaryl/α,β-unsaturated/α-hetero) is 1. The van der Waals surface area contributed by atoms with E-state index in [0.29, 0.717) is 23.6 Å². The van der Waals surface area contributed by atoms with E-state index in [1.54, 1.807) is 30.3 Å². The number of hydrogen-bond acceptors (Lipinski definition) is 5. The zero-order valence-corrected chi connectivity index (χ0v) is 23.9. The van der Waals surface area contributed by atoms with Gasteiger partial charge < -0.3 is 14.6 Å². The number of methoxy groups -OCH3 is 1. The van der Waals surface area contributed by atoms with E-state index in [0.717, 1.165) is 17.5 Å². The molecule has 1 fully saturated rings. The first kappa shape index (κ1) is 28.2. The minimum Gasteiger partial charge on any atom is -0.507 e. The first-order valence-corrected chi connectivity index (χ1v) is 13.3. The van der Waals surface area contributed by atoms with E-state index in [9.17, 15) is 14.7 Å².